The van der Waals surface area contributed by atoms with Crippen LogP contribution in [0.15, 0.2) is 23.1 Å². The van der Waals surface area contributed by atoms with Gasteiger partial charge in [-0.25, -0.2) is 12.8 Å². The molecule has 6 heteroatoms. The SMILES string of the molecule is CC1CCC(C)N(S(=O)(=O)c2cc(F)ccc2CO)C1. The van der Waals surface area contributed by atoms with Gasteiger partial charge >= 0.3 is 0 Å². The van der Waals surface area contributed by atoms with Crippen molar-refractivity contribution in [2.45, 2.75) is 44.2 Å². The largest absolute Gasteiger partial charge is 0.392 e. The van der Waals surface area contributed by atoms with Crippen molar-refractivity contribution in [2.24, 2.45) is 5.92 Å². The van der Waals surface area contributed by atoms with E-state index in [1.54, 1.807) is 0 Å². The van der Waals surface area contributed by atoms with Crippen molar-refractivity contribution in [2.75, 3.05) is 6.54 Å². The van der Waals surface area contributed by atoms with Gasteiger partial charge in [0.2, 0.25) is 10.0 Å². The Morgan fingerprint density at radius 3 is 2.70 bits per heavy atom. The number of hydrogen-bond donors (Lipinski definition) is 1. The van der Waals surface area contributed by atoms with Crippen molar-refractivity contribution in [3.63, 3.8) is 0 Å². The fourth-order valence-corrected chi connectivity index (χ4v) is 4.62. The fourth-order valence-electron chi connectivity index (χ4n) is 2.61. The summed E-state index contributed by atoms with van der Waals surface area (Å²) in [7, 11) is -3.78. The van der Waals surface area contributed by atoms with Gasteiger partial charge < -0.3 is 5.11 Å². The molecule has 0 aliphatic carbocycles. The van der Waals surface area contributed by atoms with Crippen molar-refractivity contribution in [3.05, 3.63) is 29.6 Å². The molecule has 0 saturated carbocycles. The van der Waals surface area contributed by atoms with E-state index < -0.39 is 22.4 Å². The second-order valence-corrected chi connectivity index (χ2v) is 7.38. The summed E-state index contributed by atoms with van der Waals surface area (Å²) < 4.78 is 40.3. The number of aliphatic hydroxyl groups is 1. The van der Waals surface area contributed by atoms with E-state index in [0.29, 0.717) is 6.54 Å². The highest BCUT2D eigenvalue weighted by Crippen LogP contribution is 2.29. The number of rotatable bonds is 3. The Hall–Kier alpha value is -0.980. The lowest BCUT2D eigenvalue weighted by Crippen LogP contribution is -2.45. The molecule has 1 aliphatic heterocycles. The number of sulfonamides is 1. The summed E-state index contributed by atoms with van der Waals surface area (Å²) in [5, 5.41) is 9.28. The Morgan fingerprint density at radius 2 is 2.05 bits per heavy atom. The van der Waals surface area contributed by atoms with Crippen LogP contribution in [0, 0.1) is 11.7 Å². The third-order valence-electron chi connectivity index (χ3n) is 3.85. The van der Waals surface area contributed by atoms with E-state index in [-0.39, 0.29) is 22.4 Å². The average Bonchev–Trinajstić information content (AvgIpc) is 2.41. The first-order valence-corrected chi connectivity index (χ1v) is 8.21. The van der Waals surface area contributed by atoms with Crippen LogP contribution in [0.25, 0.3) is 0 Å². The van der Waals surface area contributed by atoms with Crippen LogP contribution in [0.1, 0.15) is 32.3 Å². The van der Waals surface area contributed by atoms with E-state index >= 15 is 0 Å². The molecule has 1 fully saturated rings. The molecule has 1 saturated heterocycles. The number of piperidine rings is 1. The topological polar surface area (TPSA) is 57.6 Å². The number of benzene rings is 1. The minimum Gasteiger partial charge on any atom is -0.392 e. The van der Waals surface area contributed by atoms with Gasteiger partial charge in [0, 0.05) is 12.6 Å². The van der Waals surface area contributed by atoms with Gasteiger partial charge in [-0.05, 0) is 43.4 Å². The third kappa shape index (κ3) is 2.87. The molecule has 1 aliphatic rings. The Labute approximate surface area is 119 Å². The molecule has 0 spiro atoms. The van der Waals surface area contributed by atoms with Crippen molar-refractivity contribution in [3.8, 4) is 0 Å². The monoisotopic (exact) mass is 301 g/mol. The van der Waals surface area contributed by atoms with Crippen LogP contribution >= 0.6 is 0 Å². The highest BCUT2D eigenvalue weighted by molar-refractivity contribution is 7.89. The first-order valence-electron chi connectivity index (χ1n) is 6.77. The summed E-state index contributed by atoms with van der Waals surface area (Å²) in [5.41, 5.74) is 0.233. The first-order chi connectivity index (χ1) is 9.36. The molecular formula is C14H20FNO3S. The molecule has 112 valence electrons. The van der Waals surface area contributed by atoms with Crippen molar-refractivity contribution < 1.29 is 17.9 Å². The zero-order chi connectivity index (χ0) is 14.9. The van der Waals surface area contributed by atoms with Gasteiger partial charge in [-0.15, -0.1) is 0 Å². The van der Waals surface area contributed by atoms with Crippen molar-refractivity contribution in [1.82, 2.24) is 4.31 Å². The Bertz CT molecular complexity index is 588. The minimum atomic E-state index is -3.78. The molecule has 2 atom stereocenters. The predicted molar refractivity (Wildman–Crippen MR) is 74.1 cm³/mol. The van der Waals surface area contributed by atoms with Crippen LogP contribution in [0.4, 0.5) is 4.39 Å². The van der Waals surface area contributed by atoms with Crippen molar-refractivity contribution >= 4 is 10.0 Å². The molecule has 0 amide bonds. The van der Waals surface area contributed by atoms with Gasteiger partial charge in [0.25, 0.3) is 0 Å². The smallest absolute Gasteiger partial charge is 0.243 e. The van der Waals surface area contributed by atoms with Gasteiger partial charge in [-0.2, -0.15) is 4.31 Å². The van der Waals surface area contributed by atoms with Crippen molar-refractivity contribution in [1.29, 1.82) is 0 Å². The maximum Gasteiger partial charge on any atom is 0.243 e. The zero-order valence-corrected chi connectivity index (χ0v) is 12.5. The van der Waals surface area contributed by atoms with E-state index in [0.717, 1.165) is 25.0 Å². The van der Waals surface area contributed by atoms with Gasteiger partial charge in [0.05, 0.1) is 11.5 Å². The molecule has 0 bridgehead atoms. The van der Waals surface area contributed by atoms with E-state index in [9.17, 15) is 17.9 Å². The number of hydrogen-bond acceptors (Lipinski definition) is 3. The van der Waals surface area contributed by atoms with Gasteiger partial charge in [0.15, 0.2) is 0 Å². The van der Waals surface area contributed by atoms with Crippen LogP contribution in [0.5, 0.6) is 0 Å². The van der Waals surface area contributed by atoms with Crippen LogP contribution in [-0.4, -0.2) is 30.4 Å². The molecule has 0 aromatic heterocycles. The summed E-state index contributed by atoms with van der Waals surface area (Å²) in [4.78, 5) is -0.124. The Balaban J connectivity index is 2.46. The highest BCUT2D eigenvalue weighted by Gasteiger charge is 2.34. The molecule has 2 rings (SSSR count). The normalized spacial score (nSPS) is 24.8. The van der Waals surface area contributed by atoms with Crippen LogP contribution < -0.4 is 0 Å². The van der Waals surface area contributed by atoms with Crippen LogP contribution in [0.2, 0.25) is 0 Å². The van der Waals surface area contributed by atoms with E-state index in [4.69, 9.17) is 0 Å². The molecule has 1 aromatic rings. The summed E-state index contributed by atoms with van der Waals surface area (Å²) >= 11 is 0. The maximum absolute atomic E-state index is 13.4. The molecule has 2 unspecified atom stereocenters. The fraction of sp³-hybridized carbons (Fsp3) is 0.571. The number of nitrogens with zero attached hydrogens (tertiary/aromatic N) is 1. The maximum atomic E-state index is 13.4. The van der Waals surface area contributed by atoms with Gasteiger partial charge in [-0.1, -0.05) is 13.0 Å². The molecular weight excluding hydrogens is 281 g/mol. The van der Waals surface area contributed by atoms with E-state index in [1.807, 2.05) is 13.8 Å². The highest BCUT2D eigenvalue weighted by atomic mass is 32.2. The number of halogens is 1. The lowest BCUT2D eigenvalue weighted by Gasteiger charge is -2.36. The molecule has 1 heterocycles. The quantitative estimate of drug-likeness (QED) is 0.930. The second-order valence-electron chi connectivity index (χ2n) is 5.52. The summed E-state index contributed by atoms with van der Waals surface area (Å²) in [6.07, 6.45) is 1.79. The first kappa shape index (κ1) is 15.4. The third-order valence-corrected chi connectivity index (χ3v) is 5.91. The van der Waals surface area contributed by atoms with Crippen LogP contribution in [-0.2, 0) is 16.6 Å². The summed E-state index contributed by atoms with van der Waals surface area (Å²) in [5.74, 6) is -0.328. The molecule has 20 heavy (non-hydrogen) atoms. The Morgan fingerprint density at radius 1 is 1.35 bits per heavy atom. The molecule has 1 aromatic carbocycles. The summed E-state index contributed by atoms with van der Waals surface area (Å²) in [6, 6.07) is 3.37. The minimum absolute atomic E-state index is 0.106. The van der Waals surface area contributed by atoms with E-state index in [2.05, 4.69) is 0 Å². The molecule has 1 N–H and O–H groups in total. The average molecular weight is 301 g/mol. The van der Waals surface area contributed by atoms with Gasteiger partial charge in [-0.3, -0.25) is 0 Å². The summed E-state index contributed by atoms with van der Waals surface area (Å²) in [6.45, 7) is 3.88. The standard InChI is InChI=1S/C14H20FNO3S/c1-10-3-4-11(2)16(8-10)20(18,19)14-7-13(15)6-5-12(14)9-17/h5-7,10-11,17H,3-4,8-9H2,1-2H3. The molecule has 0 radical (unpaired) electrons. The van der Waals surface area contributed by atoms with Crippen LogP contribution in [0.3, 0.4) is 0 Å². The molecule has 4 nitrogen and oxygen atoms in total. The van der Waals surface area contributed by atoms with E-state index in [1.165, 1.54) is 10.4 Å². The lowest BCUT2D eigenvalue weighted by atomic mass is 9.97. The number of aliphatic hydroxyl groups excluding tert-OH is 1. The Kier molecular flexibility index (Phi) is 4.46. The predicted octanol–water partition coefficient (Wildman–Crippen LogP) is 2.13. The van der Waals surface area contributed by atoms with Gasteiger partial charge in [0.1, 0.15) is 5.82 Å². The zero-order valence-electron chi connectivity index (χ0n) is 11.7. The lowest BCUT2D eigenvalue weighted by molar-refractivity contribution is 0.217. The second kappa shape index (κ2) is 5.79.